The first-order chi connectivity index (χ1) is 11.9. The Balaban J connectivity index is 1.49. The molecular formula is C16H25N3O5S. The van der Waals surface area contributed by atoms with Crippen molar-refractivity contribution in [3.8, 4) is 0 Å². The maximum atomic E-state index is 12.4. The van der Waals surface area contributed by atoms with Crippen LogP contribution in [0.5, 0.6) is 0 Å². The average molecular weight is 371 g/mol. The van der Waals surface area contributed by atoms with Crippen LogP contribution in [0.4, 0.5) is 0 Å². The molecule has 0 spiro atoms. The molecule has 0 aliphatic carbocycles. The summed E-state index contributed by atoms with van der Waals surface area (Å²) in [4.78, 5) is 14.6. The van der Waals surface area contributed by atoms with Crippen molar-refractivity contribution in [3.05, 3.63) is 23.7 Å². The van der Waals surface area contributed by atoms with Gasteiger partial charge in [-0.3, -0.25) is 9.69 Å². The summed E-state index contributed by atoms with van der Waals surface area (Å²) in [6.07, 6.45) is 3.94. The van der Waals surface area contributed by atoms with E-state index in [0.717, 1.165) is 32.1 Å². The average Bonchev–Trinajstić information content (AvgIpc) is 3.04. The molecule has 2 aliphatic heterocycles. The van der Waals surface area contributed by atoms with E-state index >= 15 is 0 Å². The number of nitrogens with one attached hydrogen (secondary N) is 1. The molecular weight excluding hydrogens is 346 g/mol. The number of sulfonamides is 1. The molecule has 1 aromatic heterocycles. The molecule has 8 nitrogen and oxygen atoms in total. The summed E-state index contributed by atoms with van der Waals surface area (Å²) in [5, 5.41) is 2.97. The van der Waals surface area contributed by atoms with E-state index in [1.807, 2.05) is 0 Å². The Morgan fingerprint density at radius 3 is 2.56 bits per heavy atom. The van der Waals surface area contributed by atoms with E-state index in [2.05, 4.69) is 10.2 Å². The van der Waals surface area contributed by atoms with Crippen molar-refractivity contribution in [3.63, 3.8) is 0 Å². The fraction of sp³-hybridized carbons (Fsp3) is 0.688. The van der Waals surface area contributed by atoms with Gasteiger partial charge in [-0.1, -0.05) is 0 Å². The predicted molar refractivity (Wildman–Crippen MR) is 91.7 cm³/mol. The van der Waals surface area contributed by atoms with Crippen molar-refractivity contribution in [1.82, 2.24) is 14.5 Å². The van der Waals surface area contributed by atoms with Crippen LogP contribution in [0.1, 0.15) is 29.0 Å². The van der Waals surface area contributed by atoms with Gasteiger partial charge < -0.3 is 14.5 Å². The number of amides is 1. The van der Waals surface area contributed by atoms with E-state index in [4.69, 9.17) is 9.15 Å². The number of morpholine rings is 1. The first-order valence-electron chi connectivity index (χ1n) is 8.55. The fourth-order valence-electron chi connectivity index (χ4n) is 3.16. The minimum atomic E-state index is -3.15. The molecule has 0 unspecified atom stereocenters. The maximum Gasteiger partial charge on any atom is 0.254 e. The van der Waals surface area contributed by atoms with Gasteiger partial charge in [0.1, 0.15) is 12.0 Å². The summed E-state index contributed by atoms with van der Waals surface area (Å²) in [5.74, 6) is 0.591. The Morgan fingerprint density at radius 2 is 1.92 bits per heavy atom. The Hall–Kier alpha value is -1.42. The van der Waals surface area contributed by atoms with Crippen LogP contribution in [0.15, 0.2) is 16.7 Å². The topological polar surface area (TPSA) is 92.1 Å². The van der Waals surface area contributed by atoms with Crippen LogP contribution in [-0.2, 0) is 21.3 Å². The van der Waals surface area contributed by atoms with Gasteiger partial charge in [-0.25, -0.2) is 12.7 Å². The van der Waals surface area contributed by atoms with E-state index < -0.39 is 10.0 Å². The number of hydrogen-bond donors (Lipinski definition) is 1. The van der Waals surface area contributed by atoms with Crippen molar-refractivity contribution >= 4 is 15.9 Å². The van der Waals surface area contributed by atoms with Gasteiger partial charge in [0.15, 0.2) is 0 Å². The second-order valence-corrected chi connectivity index (χ2v) is 8.58. The molecule has 25 heavy (non-hydrogen) atoms. The zero-order valence-electron chi connectivity index (χ0n) is 14.4. The molecule has 0 bridgehead atoms. The monoisotopic (exact) mass is 371 g/mol. The second kappa shape index (κ2) is 7.86. The van der Waals surface area contributed by atoms with Crippen molar-refractivity contribution in [2.24, 2.45) is 0 Å². The molecule has 2 fully saturated rings. The first-order valence-corrected chi connectivity index (χ1v) is 10.4. The van der Waals surface area contributed by atoms with Gasteiger partial charge in [-0.05, 0) is 18.9 Å². The summed E-state index contributed by atoms with van der Waals surface area (Å²) < 4.78 is 35.3. The Bertz CT molecular complexity index is 688. The van der Waals surface area contributed by atoms with Crippen LogP contribution < -0.4 is 5.32 Å². The van der Waals surface area contributed by atoms with Crippen LogP contribution in [0, 0.1) is 0 Å². The highest BCUT2D eigenvalue weighted by Crippen LogP contribution is 2.16. The van der Waals surface area contributed by atoms with Gasteiger partial charge >= 0.3 is 0 Å². The Labute approximate surface area is 148 Å². The van der Waals surface area contributed by atoms with Gasteiger partial charge in [0, 0.05) is 32.2 Å². The van der Waals surface area contributed by atoms with E-state index in [1.165, 1.54) is 16.8 Å². The number of hydrogen-bond acceptors (Lipinski definition) is 6. The molecule has 140 valence electrons. The first kappa shape index (κ1) is 18.4. The molecule has 1 aromatic rings. The largest absolute Gasteiger partial charge is 0.467 e. The normalized spacial score (nSPS) is 21.3. The fourth-order valence-corrected chi connectivity index (χ4v) is 4.04. The smallest absolute Gasteiger partial charge is 0.254 e. The molecule has 0 aromatic carbocycles. The third-order valence-electron chi connectivity index (χ3n) is 4.66. The minimum absolute atomic E-state index is 0.0110. The zero-order chi connectivity index (χ0) is 17.9. The number of carbonyl (C=O) groups is 1. The number of ether oxygens (including phenoxy) is 1. The van der Waals surface area contributed by atoms with E-state index in [9.17, 15) is 13.2 Å². The number of piperidine rings is 1. The molecule has 0 atom stereocenters. The van der Waals surface area contributed by atoms with Gasteiger partial charge in [-0.2, -0.15) is 0 Å². The van der Waals surface area contributed by atoms with Crippen molar-refractivity contribution < 1.29 is 22.4 Å². The van der Waals surface area contributed by atoms with Crippen LogP contribution in [0.2, 0.25) is 0 Å². The van der Waals surface area contributed by atoms with Crippen molar-refractivity contribution in [1.29, 1.82) is 0 Å². The van der Waals surface area contributed by atoms with Crippen LogP contribution in [0.25, 0.3) is 0 Å². The van der Waals surface area contributed by atoms with Gasteiger partial charge in [0.05, 0.1) is 31.6 Å². The highest BCUT2D eigenvalue weighted by Gasteiger charge is 2.26. The SMILES string of the molecule is CS(=O)(=O)N1CCC(NC(=O)c2coc(CN3CCOCC3)c2)CC1. The number of furan rings is 1. The number of nitrogens with zero attached hydrogens (tertiary/aromatic N) is 2. The second-order valence-electron chi connectivity index (χ2n) is 6.60. The molecule has 1 amide bonds. The third kappa shape index (κ3) is 5.04. The Kier molecular flexibility index (Phi) is 5.78. The lowest BCUT2D eigenvalue weighted by Gasteiger charge is -2.30. The van der Waals surface area contributed by atoms with Gasteiger partial charge in [0.2, 0.25) is 10.0 Å². The number of rotatable bonds is 5. The van der Waals surface area contributed by atoms with Crippen molar-refractivity contribution in [2.45, 2.75) is 25.4 Å². The Morgan fingerprint density at radius 1 is 1.24 bits per heavy atom. The minimum Gasteiger partial charge on any atom is -0.467 e. The quantitative estimate of drug-likeness (QED) is 0.799. The van der Waals surface area contributed by atoms with E-state index in [0.29, 0.717) is 38.0 Å². The summed E-state index contributed by atoms with van der Waals surface area (Å²) in [5.41, 5.74) is 0.508. The van der Waals surface area contributed by atoms with Crippen LogP contribution >= 0.6 is 0 Å². The highest BCUT2D eigenvalue weighted by atomic mass is 32.2. The zero-order valence-corrected chi connectivity index (χ0v) is 15.3. The molecule has 9 heteroatoms. The highest BCUT2D eigenvalue weighted by molar-refractivity contribution is 7.88. The molecule has 1 N–H and O–H groups in total. The maximum absolute atomic E-state index is 12.4. The van der Waals surface area contributed by atoms with E-state index in [-0.39, 0.29) is 11.9 Å². The lowest BCUT2D eigenvalue weighted by atomic mass is 10.1. The third-order valence-corrected chi connectivity index (χ3v) is 5.96. The van der Waals surface area contributed by atoms with Crippen LogP contribution in [0.3, 0.4) is 0 Å². The molecule has 0 radical (unpaired) electrons. The molecule has 3 rings (SSSR count). The number of carbonyl (C=O) groups excluding carboxylic acids is 1. The summed E-state index contributed by atoms with van der Waals surface area (Å²) in [7, 11) is -3.15. The lowest BCUT2D eigenvalue weighted by molar-refractivity contribution is 0.0313. The molecule has 2 aliphatic rings. The molecule has 3 heterocycles. The van der Waals surface area contributed by atoms with Gasteiger partial charge in [0.25, 0.3) is 5.91 Å². The predicted octanol–water partition coefficient (Wildman–Crippen LogP) is 0.266. The van der Waals surface area contributed by atoms with E-state index in [1.54, 1.807) is 6.07 Å². The standard InChI is InChI=1S/C16H25N3O5S/c1-25(21,22)19-4-2-14(3-5-19)17-16(20)13-10-15(24-12-13)11-18-6-8-23-9-7-18/h10,12,14H,2-9,11H2,1H3,(H,17,20). The summed E-state index contributed by atoms with van der Waals surface area (Å²) in [6.45, 7) is 4.72. The van der Waals surface area contributed by atoms with Crippen molar-refractivity contribution in [2.75, 3.05) is 45.6 Å². The lowest BCUT2D eigenvalue weighted by Crippen LogP contribution is -2.46. The summed E-state index contributed by atoms with van der Waals surface area (Å²) in [6, 6.07) is 1.76. The molecule has 0 saturated carbocycles. The van der Waals surface area contributed by atoms with Crippen LogP contribution in [-0.4, -0.2) is 75.2 Å². The summed E-state index contributed by atoms with van der Waals surface area (Å²) >= 11 is 0. The van der Waals surface area contributed by atoms with Gasteiger partial charge in [-0.15, -0.1) is 0 Å². The molecule has 2 saturated heterocycles.